The normalized spacial score (nSPS) is 13.8. The Kier molecular flexibility index (Phi) is 2.18. The number of hydrogen-bond acceptors (Lipinski definition) is 4. The van der Waals surface area contributed by atoms with Gasteiger partial charge in [-0.15, -0.1) is 0 Å². The van der Waals surface area contributed by atoms with Crippen LogP contribution in [0.3, 0.4) is 0 Å². The van der Waals surface area contributed by atoms with Crippen LogP contribution < -0.4 is 0 Å². The highest BCUT2D eigenvalue weighted by Crippen LogP contribution is 2.11. The van der Waals surface area contributed by atoms with Crippen molar-refractivity contribution in [1.82, 2.24) is 0 Å². The smallest absolute Gasteiger partial charge is 0.321 e. The molecular formula is C3H8O5S. The molecule has 0 aliphatic rings. The van der Waals surface area contributed by atoms with Crippen LogP contribution in [-0.4, -0.2) is 28.3 Å². The van der Waals surface area contributed by atoms with Gasteiger partial charge < -0.3 is 10.2 Å². The summed E-state index contributed by atoms with van der Waals surface area (Å²) in [5.74, 6) is 0. The Labute approximate surface area is 52.7 Å². The van der Waals surface area contributed by atoms with Gasteiger partial charge in [-0.3, -0.25) is 4.55 Å². The zero-order valence-corrected chi connectivity index (χ0v) is 5.59. The van der Waals surface area contributed by atoms with E-state index in [1.807, 2.05) is 0 Å². The van der Waals surface area contributed by atoms with Crippen LogP contribution in [0.2, 0.25) is 0 Å². The first-order chi connectivity index (χ1) is 3.81. The first-order valence-electron chi connectivity index (χ1n) is 2.23. The third-order valence-corrected chi connectivity index (χ3v) is 1.99. The van der Waals surface area contributed by atoms with Crippen LogP contribution >= 0.6 is 0 Å². The van der Waals surface area contributed by atoms with Crippen molar-refractivity contribution in [3.63, 3.8) is 0 Å². The molecule has 0 rings (SSSR count). The Morgan fingerprint density at radius 1 is 1.44 bits per heavy atom. The van der Waals surface area contributed by atoms with Crippen LogP contribution in [0.1, 0.15) is 13.3 Å². The summed E-state index contributed by atoms with van der Waals surface area (Å²) >= 11 is 0. The molecule has 0 saturated carbocycles. The summed E-state index contributed by atoms with van der Waals surface area (Å²) < 4.78 is 27.9. The quantitative estimate of drug-likeness (QED) is 0.349. The Hall–Kier alpha value is -0.170. The van der Waals surface area contributed by atoms with Crippen molar-refractivity contribution >= 4 is 10.1 Å². The van der Waals surface area contributed by atoms with Crippen LogP contribution in [0.25, 0.3) is 0 Å². The Bertz CT molecular complexity index is 178. The molecule has 0 fully saturated rings. The molecular weight excluding hydrogens is 148 g/mol. The van der Waals surface area contributed by atoms with Crippen molar-refractivity contribution in [2.45, 2.75) is 18.5 Å². The van der Waals surface area contributed by atoms with Gasteiger partial charge in [-0.25, -0.2) is 0 Å². The SMILES string of the molecule is CCC(O)(O)S(=O)(=O)O. The summed E-state index contributed by atoms with van der Waals surface area (Å²) in [5.41, 5.74) is 0. The van der Waals surface area contributed by atoms with Gasteiger partial charge in [0.25, 0.3) is 5.12 Å². The Morgan fingerprint density at radius 2 is 1.78 bits per heavy atom. The first kappa shape index (κ1) is 8.83. The lowest BCUT2D eigenvalue weighted by Crippen LogP contribution is -2.36. The molecule has 5 nitrogen and oxygen atoms in total. The lowest BCUT2D eigenvalue weighted by atomic mass is 10.5. The zero-order chi connectivity index (χ0) is 7.71. The fourth-order valence-corrected chi connectivity index (χ4v) is 0.547. The van der Waals surface area contributed by atoms with Crippen molar-refractivity contribution < 1.29 is 23.2 Å². The minimum absolute atomic E-state index is 0.466. The molecule has 0 amide bonds. The van der Waals surface area contributed by atoms with Gasteiger partial charge in [0, 0.05) is 6.42 Å². The predicted octanol–water partition coefficient (Wildman–Crippen LogP) is -1.08. The van der Waals surface area contributed by atoms with Gasteiger partial charge in [0.1, 0.15) is 0 Å². The van der Waals surface area contributed by atoms with E-state index in [1.54, 1.807) is 0 Å². The summed E-state index contributed by atoms with van der Waals surface area (Å²) in [5, 5.41) is 13.8. The summed E-state index contributed by atoms with van der Waals surface area (Å²) in [6, 6.07) is 0. The van der Waals surface area contributed by atoms with Gasteiger partial charge >= 0.3 is 10.1 Å². The van der Waals surface area contributed by atoms with E-state index in [0.29, 0.717) is 0 Å². The molecule has 0 aromatic carbocycles. The van der Waals surface area contributed by atoms with Gasteiger partial charge in [0.15, 0.2) is 0 Å². The van der Waals surface area contributed by atoms with Gasteiger partial charge in [-0.05, 0) is 0 Å². The zero-order valence-electron chi connectivity index (χ0n) is 4.77. The molecule has 0 atom stereocenters. The lowest BCUT2D eigenvalue weighted by molar-refractivity contribution is -0.0924. The molecule has 0 aliphatic heterocycles. The van der Waals surface area contributed by atoms with Gasteiger partial charge in [0.2, 0.25) is 0 Å². The molecule has 0 unspecified atom stereocenters. The van der Waals surface area contributed by atoms with Crippen LogP contribution in [0.4, 0.5) is 0 Å². The highest BCUT2D eigenvalue weighted by Gasteiger charge is 2.35. The van der Waals surface area contributed by atoms with E-state index >= 15 is 0 Å². The molecule has 56 valence electrons. The van der Waals surface area contributed by atoms with Crippen molar-refractivity contribution in [1.29, 1.82) is 0 Å². The largest absolute Gasteiger partial charge is 0.352 e. The molecule has 0 spiro atoms. The third kappa shape index (κ3) is 1.90. The maximum absolute atomic E-state index is 9.94. The maximum atomic E-state index is 9.94. The van der Waals surface area contributed by atoms with Gasteiger partial charge in [-0.2, -0.15) is 8.42 Å². The summed E-state index contributed by atoms with van der Waals surface area (Å²) in [7, 11) is -4.74. The predicted molar refractivity (Wildman–Crippen MR) is 29.0 cm³/mol. The molecule has 0 bridgehead atoms. The average molecular weight is 156 g/mol. The van der Waals surface area contributed by atoms with Gasteiger partial charge in [-0.1, -0.05) is 6.92 Å². The molecule has 0 aromatic rings. The van der Waals surface area contributed by atoms with Crippen molar-refractivity contribution in [2.75, 3.05) is 0 Å². The third-order valence-electron chi connectivity index (χ3n) is 0.874. The minimum atomic E-state index is -4.74. The van der Waals surface area contributed by atoms with E-state index in [-0.39, 0.29) is 0 Å². The lowest BCUT2D eigenvalue weighted by Gasteiger charge is -2.14. The van der Waals surface area contributed by atoms with Crippen LogP contribution in [0, 0.1) is 0 Å². The average Bonchev–Trinajstić information content (AvgIpc) is 1.64. The minimum Gasteiger partial charge on any atom is -0.352 e. The number of rotatable bonds is 2. The maximum Gasteiger partial charge on any atom is 0.321 e. The van der Waals surface area contributed by atoms with E-state index < -0.39 is 21.7 Å². The van der Waals surface area contributed by atoms with Crippen LogP contribution in [0.15, 0.2) is 0 Å². The van der Waals surface area contributed by atoms with E-state index in [1.165, 1.54) is 6.92 Å². The summed E-state index contributed by atoms with van der Waals surface area (Å²) in [4.78, 5) is 0. The Morgan fingerprint density at radius 3 is 1.78 bits per heavy atom. The second-order valence-electron chi connectivity index (χ2n) is 1.57. The van der Waals surface area contributed by atoms with Crippen molar-refractivity contribution in [3.05, 3.63) is 0 Å². The topological polar surface area (TPSA) is 94.8 Å². The van der Waals surface area contributed by atoms with Gasteiger partial charge in [0.05, 0.1) is 0 Å². The summed E-state index contributed by atoms with van der Waals surface area (Å²) in [6.07, 6.45) is -0.466. The molecule has 0 radical (unpaired) electrons. The highest BCUT2D eigenvalue weighted by molar-refractivity contribution is 7.86. The van der Waals surface area contributed by atoms with E-state index in [0.717, 1.165) is 0 Å². The highest BCUT2D eigenvalue weighted by atomic mass is 32.2. The van der Waals surface area contributed by atoms with Crippen molar-refractivity contribution in [2.24, 2.45) is 0 Å². The monoisotopic (exact) mass is 156 g/mol. The first-order valence-corrected chi connectivity index (χ1v) is 3.67. The molecule has 0 saturated heterocycles. The van der Waals surface area contributed by atoms with Crippen molar-refractivity contribution in [3.8, 4) is 0 Å². The number of aliphatic hydroxyl groups is 2. The molecule has 6 heteroatoms. The Balaban J connectivity index is 4.56. The second kappa shape index (κ2) is 2.22. The fraction of sp³-hybridized carbons (Fsp3) is 1.00. The molecule has 0 aromatic heterocycles. The molecule has 0 aliphatic carbocycles. The second-order valence-corrected chi connectivity index (χ2v) is 3.18. The molecule has 0 heterocycles. The molecule has 3 N–H and O–H groups in total. The van der Waals surface area contributed by atoms with Crippen LogP contribution in [-0.2, 0) is 10.1 Å². The standard InChI is InChI=1S/C3H8O5S/c1-2-3(4,5)9(6,7)8/h4-5H,2H2,1H3,(H,6,7,8). The fourth-order valence-electron chi connectivity index (χ4n) is 0.182. The van der Waals surface area contributed by atoms with Crippen LogP contribution in [0.5, 0.6) is 0 Å². The van der Waals surface area contributed by atoms with E-state index in [2.05, 4.69) is 0 Å². The van der Waals surface area contributed by atoms with E-state index in [4.69, 9.17) is 14.8 Å². The molecule has 9 heavy (non-hydrogen) atoms. The summed E-state index contributed by atoms with van der Waals surface area (Å²) in [6.45, 7) is 1.22. The number of hydrogen-bond donors (Lipinski definition) is 3. The van der Waals surface area contributed by atoms with E-state index in [9.17, 15) is 8.42 Å².